The van der Waals surface area contributed by atoms with Crippen molar-refractivity contribution in [3.63, 3.8) is 0 Å². The maximum Gasteiger partial charge on any atom is 0.236 e. The van der Waals surface area contributed by atoms with Gasteiger partial charge in [0.2, 0.25) is 5.91 Å². The van der Waals surface area contributed by atoms with Gasteiger partial charge in [-0.05, 0) is 44.5 Å². The highest BCUT2D eigenvalue weighted by Gasteiger charge is 2.18. The predicted molar refractivity (Wildman–Crippen MR) is 93.7 cm³/mol. The van der Waals surface area contributed by atoms with Crippen LogP contribution in [-0.2, 0) is 11.3 Å². The number of halogens is 1. The molecule has 1 aliphatic heterocycles. The van der Waals surface area contributed by atoms with Gasteiger partial charge in [-0.2, -0.15) is 0 Å². The second-order valence-electron chi connectivity index (χ2n) is 6.18. The highest BCUT2D eigenvalue weighted by Crippen LogP contribution is 2.17. The van der Waals surface area contributed by atoms with Crippen LogP contribution in [-0.4, -0.2) is 55.5 Å². The number of hydrogen-bond donors (Lipinski definition) is 1. The molecule has 5 heteroatoms. The number of hydrogen-bond acceptors (Lipinski definition) is 3. The Labute approximate surface area is 140 Å². The molecule has 1 saturated heterocycles. The van der Waals surface area contributed by atoms with E-state index < -0.39 is 0 Å². The number of benzene rings is 1. The van der Waals surface area contributed by atoms with E-state index in [2.05, 4.69) is 43.1 Å². The molecule has 0 radical (unpaired) electrons. The number of amides is 1. The van der Waals surface area contributed by atoms with Gasteiger partial charge < -0.3 is 10.2 Å². The average molecular weight is 326 g/mol. The minimum atomic E-state index is 0. The molecule has 0 unspecified atom stereocenters. The second-order valence-corrected chi connectivity index (χ2v) is 6.18. The van der Waals surface area contributed by atoms with Crippen molar-refractivity contribution in [3.05, 3.63) is 34.4 Å². The Morgan fingerprint density at radius 3 is 2.27 bits per heavy atom. The van der Waals surface area contributed by atoms with Crippen LogP contribution in [0.3, 0.4) is 0 Å². The monoisotopic (exact) mass is 325 g/mol. The van der Waals surface area contributed by atoms with Gasteiger partial charge in [-0.25, -0.2) is 0 Å². The first-order chi connectivity index (χ1) is 9.97. The van der Waals surface area contributed by atoms with E-state index in [-0.39, 0.29) is 18.3 Å². The summed E-state index contributed by atoms with van der Waals surface area (Å²) in [5.74, 6) is 0.237. The van der Waals surface area contributed by atoms with Crippen LogP contribution in [0.4, 0.5) is 0 Å². The molecule has 0 aromatic heterocycles. The van der Waals surface area contributed by atoms with Gasteiger partial charge in [-0.1, -0.05) is 17.7 Å². The summed E-state index contributed by atoms with van der Waals surface area (Å²) >= 11 is 0. The van der Waals surface area contributed by atoms with Crippen LogP contribution in [0.1, 0.15) is 22.3 Å². The largest absolute Gasteiger partial charge is 0.339 e. The van der Waals surface area contributed by atoms with Crippen molar-refractivity contribution in [2.24, 2.45) is 0 Å². The van der Waals surface area contributed by atoms with E-state index in [0.717, 1.165) is 32.7 Å². The fourth-order valence-electron chi connectivity index (χ4n) is 3.03. The molecular formula is C17H28ClN3O. The lowest BCUT2D eigenvalue weighted by Gasteiger charge is -2.29. The van der Waals surface area contributed by atoms with E-state index in [9.17, 15) is 4.79 Å². The number of nitrogens with one attached hydrogen (secondary N) is 1. The summed E-state index contributed by atoms with van der Waals surface area (Å²) in [5, 5.41) is 3.28. The lowest BCUT2D eigenvalue weighted by Crippen LogP contribution is -2.49. The standard InChI is InChI=1S/C17H27N3O.ClH/c1-13-9-14(2)16(15(3)10-13)11-19(4)12-17(21)20-7-5-18-6-8-20;/h9-10,18H,5-8,11-12H2,1-4H3;1H. The van der Waals surface area contributed by atoms with Crippen molar-refractivity contribution >= 4 is 18.3 Å². The molecule has 1 aliphatic rings. The van der Waals surface area contributed by atoms with Crippen molar-refractivity contribution in [2.75, 3.05) is 39.8 Å². The molecule has 1 amide bonds. The number of piperazine rings is 1. The lowest BCUT2D eigenvalue weighted by molar-refractivity contribution is -0.132. The third-order valence-electron chi connectivity index (χ3n) is 4.14. The predicted octanol–water partition coefficient (Wildman–Crippen LogP) is 1.90. The summed E-state index contributed by atoms with van der Waals surface area (Å²) in [6.07, 6.45) is 0. The molecule has 1 heterocycles. The first-order valence-corrected chi connectivity index (χ1v) is 7.71. The van der Waals surface area contributed by atoms with E-state index in [1.807, 2.05) is 11.9 Å². The minimum absolute atomic E-state index is 0. The van der Waals surface area contributed by atoms with Gasteiger partial charge in [-0.3, -0.25) is 9.69 Å². The molecule has 22 heavy (non-hydrogen) atoms. The number of nitrogens with zero attached hydrogens (tertiary/aromatic N) is 2. The van der Waals surface area contributed by atoms with Crippen LogP contribution in [0.25, 0.3) is 0 Å². The quantitative estimate of drug-likeness (QED) is 0.918. The van der Waals surface area contributed by atoms with Crippen LogP contribution in [0.5, 0.6) is 0 Å². The molecule has 0 aliphatic carbocycles. The molecule has 1 N–H and O–H groups in total. The van der Waals surface area contributed by atoms with Gasteiger partial charge in [0.15, 0.2) is 0 Å². The highest BCUT2D eigenvalue weighted by molar-refractivity contribution is 5.85. The van der Waals surface area contributed by atoms with Crippen molar-refractivity contribution in [2.45, 2.75) is 27.3 Å². The van der Waals surface area contributed by atoms with E-state index in [1.165, 1.54) is 22.3 Å². The van der Waals surface area contributed by atoms with E-state index in [1.54, 1.807) is 0 Å². The molecule has 124 valence electrons. The fourth-order valence-corrected chi connectivity index (χ4v) is 3.03. The third kappa shape index (κ3) is 4.97. The molecule has 1 aromatic rings. The number of carbonyl (C=O) groups excluding carboxylic acids is 1. The maximum absolute atomic E-state index is 12.3. The number of aryl methyl sites for hydroxylation is 3. The molecule has 1 aromatic carbocycles. The molecule has 0 spiro atoms. The van der Waals surface area contributed by atoms with Crippen LogP contribution < -0.4 is 5.32 Å². The zero-order chi connectivity index (χ0) is 15.4. The first kappa shape index (κ1) is 18.9. The Hall–Kier alpha value is -1.10. The first-order valence-electron chi connectivity index (χ1n) is 7.71. The summed E-state index contributed by atoms with van der Waals surface area (Å²) < 4.78 is 0. The number of rotatable bonds is 4. The van der Waals surface area contributed by atoms with Gasteiger partial charge in [0.05, 0.1) is 6.54 Å². The summed E-state index contributed by atoms with van der Waals surface area (Å²) in [4.78, 5) is 16.4. The van der Waals surface area contributed by atoms with Crippen LogP contribution in [0.15, 0.2) is 12.1 Å². The SMILES string of the molecule is Cc1cc(C)c(CN(C)CC(=O)N2CCNCC2)c(C)c1.Cl. The smallest absolute Gasteiger partial charge is 0.236 e. The van der Waals surface area contributed by atoms with Crippen LogP contribution in [0, 0.1) is 20.8 Å². The molecule has 1 fully saturated rings. The molecular weight excluding hydrogens is 298 g/mol. The second kappa shape index (κ2) is 8.51. The van der Waals surface area contributed by atoms with Crippen molar-refractivity contribution < 1.29 is 4.79 Å². The Bertz CT molecular complexity index is 490. The highest BCUT2D eigenvalue weighted by atomic mass is 35.5. The summed E-state index contributed by atoms with van der Waals surface area (Å²) in [7, 11) is 2.03. The summed E-state index contributed by atoms with van der Waals surface area (Å²) in [6.45, 7) is 11.2. The molecule has 0 atom stereocenters. The van der Waals surface area contributed by atoms with Crippen molar-refractivity contribution in [3.8, 4) is 0 Å². The third-order valence-corrected chi connectivity index (χ3v) is 4.14. The van der Waals surface area contributed by atoms with Crippen molar-refractivity contribution in [1.82, 2.24) is 15.1 Å². The van der Waals surface area contributed by atoms with Crippen LogP contribution in [0.2, 0.25) is 0 Å². The maximum atomic E-state index is 12.3. The number of carbonyl (C=O) groups is 1. The number of likely N-dealkylation sites (N-methyl/N-ethyl adjacent to an activating group) is 1. The van der Waals surface area contributed by atoms with E-state index in [4.69, 9.17) is 0 Å². The Morgan fingerprint density at radius 2 is 1.73 bits per heavy atom. The van der Waals surface area contributed by atoms with Gasteiger partial charge in [0, 0.05) is 32.7 Å². The lowest BCUT2D eigenvalue weighted by atomic mass is 9.99. The molecule has 0 bridgehead atoms. The Morgan fingerprint density at radius 1 is 1.18 bits per heavy atom. The van der Waals surface area contributed by atoms with Crippen molar-refractivity contribution in [1.29, 1.82) is 0 Å². The van der Waals surface area contributed by atoms with Crippen LogP contribution >= 0.6 is 12.4 Å². The summed E-state index contributed by atoms with van der Waals surface area (Å²) in [5.41, 5.74) is 5.27. The minimum Gasteiger partial charge on any atom is -0.339 e. The summed E-state index contributed by atoms with van der Waals surface area (Å²) in [6, 6.07) is 4.43. The topological polar surface area (TPSA) is 35.6 Å². The van der Waals surface area contributed by atoms with Gasteiger partial charge in [0.1, 0.15) is 0 Å². The molecule has 4 nitrogen and oxygen atoms in total. The average Bonchev–Trinajstić information content (AvgIpc) is 2.43. The van der Waals surface area contributed by atoms with E-state index >= 15 is 0 Å². The zero-order valence-corrected chi connectivity index (χ0v) is 14.9. The van der Waals surface area contributed by atoms with Gasteiger partial charge in [-0.15, -0.1) is 12.4 Å². The Kier molecular flexibility index (Phi) is 7.33. The Balaban J connectivity index is 0.00000242. The zero-order valence-electron chi connectivity index (χ0n) is 14.1. The van der Waals surface area contributed by atoms with E-state index in [0.29, 0.717) is 6.54 Å². The fraction of sp³-hybridized carbons (Fsp3) is 0.588. The molecule has 0 saturated carbocycles. The normalized spacial score (nSPS) is 14.9. The molecule has 2 rings (SSSR count). The van der Waals surface area contributed by atoms with Gasteiger partial charge >= 0.3 is 0 Å². The van der Waals surface area contributed by atoms with Gasteiger partial charge in [0.25, 0.3) is 0 Å².